The molecule has 0 aliphatic carbocycles. The molecule has 0 fully saturated rings. The number of halogens is 1. The molecule has 2 aromatic heterocycles. The Morgan fingerprint density at radius 2 is 1.80 bits per heavy atom. The van der Waals surface area contributed by atoms with Crippen LogP contribution in [0.3, 0.4) is 0 Å². The van der Waals surface area contributed by atoms with Crippen LogP contribution in [0.1, 0.15) is 26.6 Å². The summed E-state index contributed by atoms with van der Waals surface area (Å²) in [6.07, 6.45) is 1.78. The lowest BCUT2D eigenvalue weighted by Crippen LogP contribution is -2.18. The van der Waals surface area contributed by atoms with Gasteiger partial charge < -0.3 is 0 Å². The summed E-state index contributed by atoms with van der Waals surface area (Å²) < 4.78 is 2.05. The average molecular weight is 286 g/mol. The molecule has 0 saturated heterocycles. The summed E-state index contributed by atoms with van der Waals surface area (Å²) in [5.41, 5.74) is 2.54. The Labute approximate surface area is 123 Å². The molecule has 0 N–H and O–H groups in total. The lowest BCUT2D eigenvalue weighted by molar-refractivity contribution is 0.539. The van der Waals surface area contributed by atoms with E-state index in [1.807, 2.05) is 36.4 Å². The van der Waals surface area contributed by atoms with Crippen molar-refractivity contribution in [3.63, 3.8) is 0 Å². The molecule has 3 rings (SSSR count). The third kappa shape index (κ3) is 2.08. The van der Waals surface area contributed by atoms with Gasteiger partial charge in [0.2, 0.25) is 0 Å². The maximum atomic E-state index is 6.36. The summed E-state index contributed by atoms with van der Waals surface area (Å²) in [4.78, 5) is 9.22. The first kappa shape index (κ1) is 13.1. The lowest BCUT2D eigenvalue weighted by atomic mass is 9.95. The summed E-state index contributed by atoms with van der Waals surface area (Å²) in [5, 5.41) is 0.697. The van der Waals surface area contributed by atoms with Crippen LogP contribution < -0.4 is 0 Å². The van der Waals surface area contributed by atoms with Gasteiger partial charge in [-0.05, 0) is 24.3 Å². The monoisotopic (exact) mass is 285 g/mol. The van der Waals surface area contributed by atoms with E-state index in [2.05, 4.69) is 30.3 Å². The van der Waals surface area contributed by atoms with Crippen LogP contribution in [0.5, 0.6) is 0 Å². The van der Waals surface area contributed by atoms with Crippen LogP contribution in [-0.4, -0.2) is 14.5 Å². The van der Waals surface area contributed by atoms with Gasteiger partial charge in [-0.2, -0.15) is 0 Å². The van der Waals surface area contributed by atoms with E-state index in [-0.39, 0.29) is 5.41 Å². The van der Waals surface area contributed by atoms with Crippen molar-refractivity contribution in [2.45, 2.75) is 26.2 Å². The molecule has 0 aliphatic rings. The van der Waals surface area contributed by atoms with Crippen LogP contribution in [-0.2, 0) is 5.41 Å². The number of aromatic nitrogens is 3. The molecule has 0 radical (unpaired) electrons. The van der Waals surface area contributed by atoms with Gasteiger partial charge in [0.25, 0.3) is 0 Å². The first-order valence-corrected chi connectivity index (χ1v) is 6.95. The predicted octanol–water partition coefficient (Wildman–Crippen LogP) is 4.37. The maximum absolute atomic E-state index is 6.36. The Kier molecular flexibility index (Phi) is 3.02. The first-order chi connectivity index (χ1) is 9.48. The van der Waals surface area contributed by atoms with Gasteiger partial charge in [-0.3, -0.25) is 4.57 Å². The van der Waals surface area contributed by atoms with Crippen molar-refractivity contribution in [2.75, 3.05) is 0 Å². The highest BCUT2D eigenvalue weighted by atomic mass is 35.5. The molecule has 0 aliphatic heterocycles. The zero-order valence-electron chi connectivity index (χ0n) is 11.8. The third-order valence-electron chi connectivity index (χ3n) is 3.18. The second kappa shape index (κ2) is 4.60. The summed E-state index contributed by atoms with van der Waals surface area (Å²) in [5.74, 6) is 0.958. The highest BCUT2D eigenvalue weighted by Gasteiger charge is 2.25. The smallest absolute Gasteiger partial charge is 0.164 e. The van der Waals surface area contributed by atoms with E-state index in [9.17, 15) is 0 Å². The Hall–Kier alpha value is -1.87. The van der Waals surface area contributed by atoms with E-state index in [0.717, 1.165) is 22.7 Å². The number of hydrogen-bond donors (Lipinski definition) is 0. The molecule has 2 heterocycles. The van der Waals surface area contributed by atoms with Crippen LogP contribution >= 0.6 is 11.6 Å². The first-order valence-electron chi connectivity index (χ1n) is 6.57. The minimum Gasteiger partial charge on any atom is -0.279 e. The molecule has 0 saturated carbocycles. The number of nitrogens with zero attached hydrogens (tertiary/aromatic N) is 3. The number of imidazole rings is 1. The average Bonchev–Trinajstić information content (AvgIpc) is 2.79. The van der Waals surface area contributed by atoms with Crippen LogP contribution in [0.15, 0.2) is 42.6 Å². The number of rotatable bonds is 1. The van der Waals surface area contributed by atoms with E-state index in [0.29, 0.717) is 5.02 Å². The van der Waals surface area contributed by atoms with E-state index in [1.54, 1.807) is 6.20 Å². The molecule has 4 heteroatoms. The number of para-hydroxylation sites is 1. The summed E-state index contributed by atoms with van der Waals surface area (Å²) in [6.45, 7) is 6.42. The van der Waals surface area contributed by atoms with E-state index < -0.39 is 0 Å². The molecule has 0 spiro atoms. The van der Waals surface area contributed by atoms with Gasteiger partial charge >= 0.3 is 0 Å². The second-order valence-electron chi connectivity index (χ2n) is 5.82. The predicted molar refractivity (Wildman–Crippen MR) is 82.6 cm³/mol. The Morgan fingerprint density at radius 1 is 1.05 bits per heavy atom. The van der Waals surface area contributed by atoms with Crippen molar-refractivity contribution >= 4 is 22.8 Å². The molecule has 102 valence electrons. The molecule has 0 bridgehead atoms. The van der Waals surface area contributed by atoms with Crippen LogP contribution in [0.4, 0.5) is 0 Å². The van der Waals surface area contributed by atoms with Crippen molar-refractivity contribution in [1.82, 2.24) is 14.5 Å². The molecule has 0 atom stereocenters. The van der Waals surface area contributed by atoms with Crippen LogP contribution in [0, 0.1) is 0 Å². The molecule has 1 aromatic carbocycles. The molecule has 3 aromatic rings. The highest BCUT2D eigenvalue weighted by molar-refractivity contribution is 6.32. The van der Waals surface area contributed by atoms with Crippen molar-refractivity contribution in [2.24, 2.45) is 0 Å². The van der Waals surface area contributed by atoms with Gasteiger partial charge in [0.1, 0.15) is 11.3 Å². The van der Waals surface area contributed by atoms with Gasteiger partial charge in [-0.1, -0.05) is 44.5 Å². The Morgan fingerprint density at radius 3 is 2.50 bits per heavy atom. The number of hydrogen-bond acceptors (Lipinski definition) is 2. The standard InChI is InChI=1S/C16H16ClN3/c1-16(2,3)15-19-12-8-6-10-18-14(12)20(15)13-9-5-4-7-11(13)17/h4-10H,1-3H3. The maximum Gasteiger partial charge on any atom is 0.164 e. The quantitative estimate of drug-likeness (QED) is 0.664. The highest BCUT2D eigenvalue weighted by Crippen LogP contribution is 2.31. The van der Waals surface area contributed by atoms with Gasteiger partial charge in [0.05, 0.1) is 10.7 Å². The second-order valence-corrected chi connectivity index (χ2v) is 6.23. The van der Waals surface area contributed by atoms with Crippen molar-refractivity contribution < 1.29 is 0 Å². The SMILES string of the molecule is CC(C)(C)c1nc2cccnc2n1-c1ccccc1Cl. The summed E-state index contributed by atoms with van der Waals surface area (Å²) >= 11 is 6.36. The molecular weight excluding hydrogens is 270 g/mol. The lowest BCUT2D eigenvalue weighted by Gasteiger charge is -2.20. The van der Waals surface area contributed by atoms with Gasteiger partial charge in [-0.25, -0.2) is 9.97 Å². The van der Waals surface area contributed by atoms with E-state index in [1.165, 1.54) is 0 Å². The topological polar surface area (TPSA) is 30.7 Å². The number of pyridine rings is 1. The fraction of sp³-hybridized carbons (Fsp3) is 0.250. The molecule has 3 nitrogen and oxygen atoms in total. The number of benzene rings is 1. The van der Waals surface area contributed by atoms with Crippen LogP contribution in [0.25, 0.3) is 16.9 Å². The van der Waals surface area contributed by atoms with Crippen molar-refractivity contribution in [3.05, 3.63) is 53.4 Å². The zero-order valence-corrected chi connectivity index (χ0v) is 12.5. The molecular formula is C16H16ClN3. The summed E-state index contributed by atoms with van der Waals surface area (Å²) in [6, 6.07) is 11.7. The third-order valence-corrected chi connectivity index (χ3v) is 3.50. The molecule has 20 heavy (non-hydrogen) atoms. The minimum atomic E-state index is -0.0974. The Balaban J connectivity index is 2.41. The van der Waals surface area contributed by atoms with E-state index in [4.69, 9.17) is 16.6 Å². The van der Waals surface area contributed by atoms with Gasteiger partial charge in [-0.15, -0.1) is 0 Å². The molecule has 0 amide bonds. The Bertz CT molecular complexity index is 769. The number of fused-ring (bicyclic) bond motifs is 1. The minimum absolute atomic E-state index is 0.0974. The van der Waals surface area contributed by atoms with Gasteiger partial charge in [0, 0.05) is 11.6 Å². The largest absolute Gasteiger partial charge is 0.279 e. The molecule has 0 unspecified atom stereocenters. The van der Waals surface area contributed by atoms with Crippen molar-refractivity contribution in [3.8, 4) is 5.69 Å². The summed E-state index contributed by atoms with van der Waals surface area (Å²) in [7, 11) is 0. The van der Waals surface area contributed by atoms with Crippen LogP contribution in [0.2, 0.25) is 5.02 Å². The normalized spacial score (nSPS) is 12.0. The fourth-order valence-corrected chi connectivity index (χ4v) is 2.50. The fourth-order valence-electron chi connectivity index (χ4n) is 2.28. The van der Waals surface area contributed by atoms with Crippen molar-refractivity contribution in [1.29, 1.82) is 0 Å². The van der Waals surface area contributed by atoms with E-state index >= 15 is 0 Å². The zero-order chi connectivity index (χ0) is 14.3. The van der Waals surface area contributed by atoms with Gasteiger partial charge in [0.15, 0.2) is 5.65 Å².